The van der Waals surface area contributed by atoms with E-state index in [-0.39, 0.29) is 12.2 Å². The van der Waals surface area contributed by atoms with Crippen LogP contribution in [0.4, 0.5) is 0 Å². The Kier molecular flexibility index (Phi) is 15.9. The Hall–Kier alpha value is -3.53. The maximum absolute atomic E-state index is 12.2. The monoisotopic (exact) mass is 582 g/mol. The Morgan fingerprint density at radius 3 is 1.58 bits per heavy atom. The molecule has 0 spiro atoms. The topological polar surface area (TPSA) is 57.5 Å². The summed E-state index contributed by atoms with van der Waals surface area (Å²) in [6, 6.07) is 0. The van der Waals surface area contributed by atoms with Gasteiger partial charge in [0.15, 0.2) is 5.78 Å². The summed E-state index contributed by atoms with van der Waals surface area (Å²) in [5.41, 5.74) is 6.19. The summed E-state index contributed by atoms with van der Waals surface area (Å²) in [7, 11) is 0. The van der Waals surface area contributed by atoms with Crippen LogP contribution in [0.2, 0.25) is 0 Å². The quantitative estimate of drug-likeness (QED) is 0.213. The lowest BCUT2D eigenvalue weighted by molar-refractivity contribution is -0.120. The summed E-state index contributed by atoms with van der Waals surface area (Å²) in [6.07, 6.45) is 34.9. The molecule has 0 heterocycles. The third-order valence-electron chi connectivity index (χ3n) is 7.22. The van der Waals surface area contributed by atoms with Crippen molar-refractivity contribution in [3.8, 4) is 0 Å². The minimum absolute atomic E-state index is 0.0198. The Labute approximate surface area is 261 Å². The number of allylic oxidation sites excluding steroid dienone is 22. The molecule has 0 fully saturated rings. The lowest BCUT2D eigenvalue weighted by Gasteiger charge is -2.36. The number of aliphatic hydroxyl groups excluding tert-OH is 1. The molecule has 0 bridgehead atoms. The first kappa shape index (κ1) is 37.5. The maximum atomic E-state index is 12.2. The van der Waals surface area contributed by atoms with Gasteiger partial charge in [-0.3, -0.25) is 4.79 Å². The van der Waals surface area contributed by atoms with Crippen molar-refractivity contribution in [2.24, 2.45) is 5.41 Å². The van der Waals surface area contributed by atoms with Crippen LogP contribution in [-0.4, -0.2) is 27.7 Å². The first-order valence-electron chi connectivity index (χ1n) is 15.1. The minimum atomic E-state index is -0.674. The highest BCUT2D eigenvalue weighted by Crippen LogP contribution is 2.39. The molecular formula is C40H54O3. The molecule has 0 saturated heterocycles. The lowest BCUT2D eigenvalue weighted by Crippen LogP contribution is -2.38. The van der Waals surface area contributed by atoms with E-state index in [0.717, 1.165) is 39.0 Å². The van der Waals surface area contributed by atoms with Gasteiger partial charge >= 0.3 is 0 Å². The summed E-state index contributed by atoms with van der Waals surface area (Å²) >= 11 is 0. The van der Waals surface area contributed by atoms with Gasteiger partial charge in [0.05, 0.1) is 11.7 Å². The summed E-state index contributed by atoms with van der Waals surface area (Å²) in [6.45, 7) is 19.7. The molecule has 1 aliphatic rings. The Balaban J connectivity index is 2.66. The molecule has 0 aromatic carbocycles. The van der Waals surface area contributed by atoms with E-state index in [1.807, 2.05) is 103 Å². The molecular weight excluding hydrogens is 528 g/mol. The smallest absolute Gasteiger partial charge is 0.161 e. The predicted octanol–water partition coefficient (Wildman–Crippen LogP) is 9.89. The van der Waals surface area contributed by atoms with Crippen LogP contribution in [0.1, 0.15) is 82.1 Å². The average Bonchev–Trinajstić information content (AvgIpc) is 2.89. The highest BCUT2D eigenvalue weighted by Gasteiger charge is 2.38. The number of aliphatic hydroxyl groups is 2. The number of Topliss-reactive ketones (excluding diaryl/α,β-unsaturated/α-hetero) is 1. The van der Waals surface area contributed by atoms with Gasteiger partial charge in [-0.15, -0.1) is 0 Å². The molecule has 0 saturated carbocycles. The third kappa shape index (κ3) is 15.5. The molecule has 1 aliphatic carbocycles. The molecule has 0 aliphatic heterocycles. The fourth-order valence-electron chi connectivity index (χ4n) is 4.23. The zero-order valence-corrected chi connectivity index (χ0v) is 28.1. The van der Waals surface area contributed by atoms with E-state index in [2.05, 4.69) is 69.4 Å². The Morgan fingerprint density at radius 1 is 0.744 bits per heavy atom. The van der Waals surface area contributed by atoms with Gasteiger partial charge in [0.1, 0.15) is 0 Å². The van der Waals surface area contributed by atoms with Crippen molar-refractivity contribution in [3.63, 3.8) is 0 Å². The molecule has 1 rings (SSSR count). The van der Waals surface area contributed by atoms with Gasteiger partial charge in [-0.2, -0.15) is 0 Å². The number of ketones is 1. The van der Waals surface area contributed by atoms with Crippen LogP contribution in [0.25, 0.3) is 0 Å². The van der Waals surface area contributed by atoms with E-state index in [0.29, 0.717) is 6.42 Å². The first-order valence-corrected chi connectivity index (χ1v) is 15.1. The molecule has 1 unspecified atom stereocenters. The fraction of sp³-hybridized carbons (Fsp3) is 0.375. The Morgan fingerprint density at radius 2 is 1.14 bits per heavy atom. The highest BCUT2D eigenvalue weighted by atomic mass is 16.3. The van der Waals surface area contributed by atoms with Crippen molar-refractivity contribution in [2.45, 2.75) is 93.8 Å². The molecule has 0 radical (unpaired) electrons. The second-order valence-corrected chi connectivity index (χ2v) is 12.7. The van der Waals surface area contributed by atoms with Crippen LogP contribution in [0.5, 0.6) is 0 Å². The molecule has 43 heavy (non-hydrogen) atoms. The summed E-state index contributed by atoms with van der Waals surface area (Å²) in [4.78, 5) is 12.2. The Bertz CT molecular complexity index is 1330. The predicted molar refractivity (Wildman–Crippen MR) is 187 cm³/mol. The lowest BCUT2D eigenvalue weighted by atomic mass is 9.70. The number of hydrogen-bond donors (Lipinski definition) is 2. The van der Waals surface area contributed by atoms with Crippen molar-refractivity contribution in [1.29, 1.82) is 0 Å². The molecule has 3 nitrogen and oxygen atoms in total. The SMILES string of the molecule is CC1=C(/C=C/C(C)=C/C=C/C(C)=C/C=C/C=C(C)/C=C/C=C(C)/C=C/C=C(C)/C=C/CC(C)(C)O)C(C)(C)C(O)CC1=O. The molecule has 2 N–H and O–H groups in total. The molecule has 3 heteroatoms. The van der Waals surface area contributed by atoms with Crippen LogP contribution in [0, 0.1) is 5.41 Å². The summed E-state index contributed by atoms with van der Waals surface area (Å²) in [5, 5.41) is 20.1. The molecule has 0 aromatic heterocycles. The molecule has 0 amide bonds. The fourth-order valence-corrected chi connectivity index (χ4v) is 4.23. The van der Waals surface area contributed by atoms with E-state index in [1.165, 1.54) is 0 Å². The van der Waals surface area contributed by atoms with Crippen molar-refractivity contribution in [1.82, 2.24) is 0 Å². The van der Waals surface area contributed by atoms with Crippen LogP contribution >= 0.6 is 0 Å². The second-order valence-electron chi connectivity index (χ2n) is 12.7. The van der Waals surface area contributed by atoms with Gasteiger partial charge < -0.3 is 10.2 Å². The van der Waals surface area contributed by atoms with Crippen LogP contribution in [0.3, 0.4) is 0 Å². The third-order valence-corrected chi connectivity index (χ3v) is 7.22. The number of rotatable bonds is 13. The van der Waals surface area contributed by atoms with Crippen molar-refractivity contribution in [3.05, 3.63) is 142 Å². The highest BCUT2D eigenvalue weighted by molar-refractivity contribution is 5.97. The van der Waals surface area contributed by atoms with Gasteiger partial charge in [0.25, 0.3) is 0 Å². The van der Waals surface area contributed by atoms with Gasteiger partial charge in [0, 0.05) is 11.8 Å². The average molecular weight is 583 g/mol. The van der Waals surface area contributed by atoms with Crippen molar-refractivity contribution in [2.75, 3.05) is 0 Å². The second kappa shape index (κ2) is 18.2. The van der Waals surface area contributed by atoms with Crippen molar-refractivity contribution < 1.29 is 15.0 Å². The zero-order chi connectivity index (χ0) is 32.6. The van der Waals surface area contributed by atoms with E-state index >= 15 is 0 Å². The van der Waals surface area contributed by atoms with Gasteiger partial charge in [-0.1, -0.05) is 145 Å². The van der Waals surface area contributed by atoms with Gasteiger partial charge in [-0.05, 0) is 73.0 Å². The number of hydrogen-bond acceptors (Lipinski definition) is 3. The standard InChI is InChI=1S/C40H54O3/c1-30(19-13-21-32(3)22-14-23-33(4)25-16-28-39(7,8)43)17-11-12-18-31(2)20-15-24-34(5)26-27-36-35(6)37(41)29-38(42)40(36,9)10/h11-27,38,42-43H,28-29H2,1-10H3/b12-11+,19-13+,20-15+,22-14+,25-16+,27-26+,30-17+,31-18+,32-21+,33-23+,34-24+. The summed E-state index contributed by atoms with van der Waals surface area (Å²) in [5.74, 6) is 0.0198. The summed E-state index contributed by atoms with van der Waals surface area (Å²) < 4.78 is 0. The van der Waals surface area contributed by atoms with E-state index in [4.69, 9.17) is 0 Å². The van der Waals surface area contributed by atoms with E-state index in [9.17, 15) is 15.0 Å². The number of carbonyl (C=O) groups is 1. The number of carbonyl (C=O) groups excluding carboxylic acids is 1. The molecule has 0 aromatic rings. The molecule has 232 valence electrons. The van der Waals surface area contributed by atoms with E-state index in [1.54, 1.807) is 0 Å². The largest absolute Gasteiger partial charge is 0.392 e. The zero-order valence-electron chi connectivity index (χ0n) is 28.1. The van der Waals surface area contributed by atoms with Gasteiger partial charge in [0.2, 0.25) is 0 Å². The van der Waals surface area contributed by atoms with Crippen LogP contribution in [-0.2, 0) is 4.79 Å². The van der Waals surface area contributed by atoms with E-state index < -0.39 is 17.1 Å². The minimum Gasteiger partial charge on any atom is -0.392 e. The van der Waals surface area contributed by atoms with Crippen LogP contribution < -0.4 is 0 Å². The van der Waals surface area contributed by atoms with Crippen LogP contribution in [0.15, 0.2) is 142 Å². The van der Waals surface area contributed by atoms with Crippen molar-refractivity contribution >= 4 is 5.78 Å². The normalized spacial score (nSPS) is 20.6. The first-order chi connectivity index (χ1) is 20.0. The molecule has 1 atom stereocenters. The van der Waals surface area contributed by atoms with Gasteiger partial charge in [-0.25, -0.2) is 0 Å². The maximum Gasteiger partial charge on any atom is 0.161 e.